The summed E-state index contributed by atoms with van der Waals surface area (Å²) in [4.78, 5) is 37.8. The first-order valence-corrected chi connectivity index (χ1v) is 19.7. The molecular formula is C39H49NO9S. The molecule has 4 aliphatic carbocycles. The molecule has 4 aliphatic heterocycles. The highest BCUT2D eigenvalue weighted by molar-refractivity contribution is 8.01. The molecule has 1 aromatic rings. The molecule has 0 bridgehead atoms. The average Bonchev–Trinajstić information content (AvgIpc) is 3.79. The van der Waals surface area contributed by atoms with Crippen molar-refractivity contribution in [1.82, 2.24) is 5.32 Å². The molecular weight excluding hydrogens is 658 g/mol. The number of cyclic esters (lactones) is 1. The molecule has 7 fully saturated rings. The summed E-state index contributed by atoms with van der Waals surface area (Å²) in [7, 11) is 0. The number of nitrogens with one attached hydrogen (secondary N) is 1. The number of hydrogen-bond acceptors (Lipinski definition) is 11. The fraction of sp³-hybridized carbons (Fsp3) is 0.718. The third-order valence-corrected chi connectivity index (χ3v) is 16.4. The molecule has 270 valence electrons. The van der Waals surface area contributed by atoms with Gasteiger partial charge in [-0.2, -0.15) is 0 Å². The SMILES string of the molecule is C[C@@H]1C[C@@]2(N[C@H](CC(=O)c3ccccc3)CS2)[C@]2(O)O[C@@H]3C[C@@]4(C=O)[C@@H](CC[C@@H]5[C@@H]4CC[C@]4(C)[C@@H](C6=CC(=O)OC6)CC[C@]54O)C[C@H]3O[C@@H]2O1. The Balaban J connectivity index is 0.974. The van der Waals surface area contributed by atoms with E-state index in [4.69, 9.17) is 18.9 Å². The summed E-state index contributed by atoms with van der Waals surface area (Å²) in [6.45, 7) is 4.46. The van der Waals surface area contributed by atoms with Crippen molar-refractivity contribution in [2.24, 2.45) is 34.5 Å². The van der Waals surface area contributed by atoms with Crippen molar-refractivity contribution in [2.75, 3.05) is 12.4 Å². The number of hydrogen-bond donors (Lipinski definition) is 3. The normalized spacial score (nSPS) is 50.7. The molecule has 4 saturated carbocycles. The number of aliphatic hydroxyl groups is 2. The van der Waals surface area contributed by atoms with Crippen LogP contribution in [0.1, 0.15) is 88.4 Å². The number of rotatable bonds is 5. The quantitative estimate of drug-likeness (QED) is 0.175. The van der Waals surface area contributed by atoms with Crippen molar-refractivity contribution in [3.05, 3.63) is 47.5 Å². The lowest BCUT2D eigenvalue weighted by Gasteiger charge is -2.65. The maximum atomic E-state index is 13.6. The van der Waals surface area contributed by atoms with Gasteiger partial charge in [0, 0.05) is 47.1 Å². The first-order chi connectivity index (χ1) is 23.9. The van der Waals surface area contributed by atoms with E-state index in [-0.39, 0.29) is 53.7 Å². The van der Waals surface area contributed by atoms with Crippen LogP contribution in [0.4, 0.5) is 0 Å². The molecule has 0 amide bonds. The van der Waals surface area contributed by atoms with Crippen LogP contribution in [0, 0.1) is 34.5 Å². The minimum atomic E-state index is -1.84. The van der Waals surface area contributed by atoms with Gasteiger partial charge in [0.2, 0.25) is 12.1 Å². The summed E-state index contributed by atoms with van der Waals surface area (Å²) < 4.78 is 25.1. The lowest BCUT2D eigenvalue weighted by Crippen LogP contribution is -2.76. The van der Waals surface area contributed by atoms with Crippen molar-refractivity contribution < 1.29 is 43.5 Å². The molecule has 0 radical (unpaired) electrons. The van der Waals surface area contributed by atoms with Gasteiger partial charge < -0.3 is 34.0 Å². The van der Waals surface area contributed by atoms with Crippen molar-refractivity contribution in [2.45, 2.75) is 125 Å². The minimum absolute atomic E-state index is 0.0214. The molecule has 50 heavy (non-hydrogen) atoms. The number of ketones is 1. The lowest BCUT2D eigenvalue weighted by molar-refractivity contribution is -0.448. The number of carbonyl (C=O) groups excluding carboxylic acids is 3. The van der Waals surface area contributed by atoms with E-state index in [9.17, 15) is 24.6 Å². The van der Waals surface area contributed by atoms with Gasteiger partial charge in [-0.05, 0) is 87.5 Å². The number of aldehydes is 1. The predicted molar refractivity (Wildman–Crippen MR) is 183 cm³/mol. The molecule has 11 heteroatoms. The van der Waals surface area contributed by atoms with Gasteiger partial charge in [0.15, 0.2) is 5.78 Å². The van der Waals surface area contributed by atoms with Crippen LogP contribution in [0.15, 0.2) is 42.0 Å². The van der Waals surface area contributed by atoms with E-state index in [1.807, 2.05) is 37.3 Å². The molecule has 1 aromatic carbocycles. The highest BCUT2D eigenvalue weighted by Crippen LogP contribution is 2.70. The number of carbonyl (C=O) groups is 3. The van der Waals surface area contributed by atoms with E-state index < -0.39 is 39.5 Å². The topological polar surface area (TPSA) is 141 Å². The molecule has 14 atom stereocenters. The Kier molecular flexibility index (Phi) is 7.88. The Labute approximate surface area is 297 Å². The second-order valence-electron chi connectivity index (χ2n) is 16.9. The van der Waals surface area contributed by atoms with Crippen molar-refractivity contribution in [3.8, 4) is 0 Å². The zero-order chi connectivity index (χ0) is 34.7. The second kappa shape index (κ2) is 11.7. The van der Waals surface area contributed by atoms with E-state index >= 15 is 0 Å². The fourth-order valence-electron chi connectivity index (χ4n) is 12.4. The van der Waals surface area contributed by atoms with Crippen LogP contribution in [0.5, 0.6) is 0 Å². The van der Waals surface area contributed by atoms with E-state index in [0.717, 1.165) is 44.0 Å². The van der Waals surface area contributed by atoms with Crippen LogP contribution in [-0.2, 0) is 28.5 Å². The summed E-state index contributed by atoms with van der Waals surface area (Å²) in [5.74, 6) is -1.39. The zero-order valence-electron chi connectivity index (χ0n) is 28.9. The molecule has 9 rings (SSSR count). The van der Waals surface area contributed by atoms with Gasteiger partial charge in [-0.15, -0.1) is 11.8 Å². The summed E-state index contributed by atoms with van der Waals surface area (Å²) in [5, 5.41) is 28.9. The molecule has 3 N–H and O–H groups in total. The van der Waals surface area contributed by atoms with Gasteiger partial charge in [-0.1, -0.05) is 37.3 Å². The van der Waals surface area contributed by atoms with Crippen molar-refractivity contribution in [1.29, 1.82) is 0 Å². The Hall–Kier alpha value is -2.12. The number of esters is 1. The van der Waals surface area contributed by atoms with Crippen LogP contribution in [-0.4, -0.2) is 87.5 Å². The first kappa shape index (κ1) is 33.7. The fourth-order valence-corrected chi connectivity index (χ4v) is 14.0. The van der Waals surface area contributed by atoms with Crippen LogP contribution >= 0.6 is 11.8 Å². The number of Topliss-reactive ketones (excluding diaryl/α,β-unsaturated/α-hetero) is 1. The third kappa shape index (κ3) is 4.66. The van der Waals surface area contributed by atoms with Crippen LogP contribution in [0.25, 0.3) is 0 Å². The predicted octanol–water partition coefficient (Wildman–Crippen LogP) is 4.31. The Morgan fingerprint density at radius 1 is 1.04 bits per heavy atom. The first-order valence-electron chi connectivity index (χ1n) is 18.7. The third-order valence-electron chi connectivity index (χ3n) is 14.7. The molecule has 0 unspecified atom stereocenters. The zero-order valence-corrected chi connectivity index (χ0v) is 29.7. The summed E-state index contributed by atoms with van der Waals surface area (Å²) >= 11 is 1.57. The van der Waals surface area contributed by atoms with E-state index in [1.54, 1.807) is 17.8 Å². The molecule has 0 aromatic heterocycles. The van der Waals surface area contributed by atoms with Crippen molar-refractivity contribution >= 4 is 29.8 Å². The Morgan fingerprint density at radius 3 is 2.62 bits per heavy atom. The number of benzene rings is 1. The largest absolute Gasteiger partial charge is 0.458 e. The molecule has 3 saturated heterocycles. The summed E-state index contributed by atoms with van der Waals surface area (Å²) in [6.07, 6.45) is 7.16. The smallest absolute Gasteiger partial charge is 0.331 e. The van der Waals surface area contributed by atoms with Gasteiger partial charge in [-0.3, -0.25) is 10.1 Å². The number of ether oxygens (including phenoxy) is 4. The minimum Gasteiger partial charge on any atom is -0.458 e. The van der Waals surface area contributed by atoms with Crippen LogP contribution in [0.3, 0.4) is 0 Å². The molecule has 10 nitrogen and oxygen atoms in total. The van der Waals surface area contributed by atoms with Gasteiger partial charge in [0.1, 0.15) is 17.8 Å². The monoisotopic (exact) mass is 707 g/mol. The molecule has 4 heterocycles. The number of fused-ring (bicyclic) bond motifs is 8. The lowest BCUT2D eigenvalue weighted by atomic mass is 9.42. The van der Waals surface area contributed by atoms with Gasteiger partial charge in [-0.25, -0.2) is 4.79 Å². The molecule has 1 spiro atoms. The van der Waals surface area contributed by atoms with Gasteiger partial charge in [0.25, 0.3) is 0 Å². The van der Waals surface area contributed by atoms with E-state index in [1.165, 1.54) is 0 Å². The standard InChI is InChI=1S/C39H49NO9S/c1-22-17-38(40-26(20-50-38)16-30(42)23-6-4-3-5-7-23)39(45)34(47-22)48-31-15-25-8-9-29-28(36(25,21-41)18-32(31)49-39)10-12-35(2)27(11-13-37(29,35)44)24-14-33(43)46-19-24/h3-7,14,21-22,25-29,31-32,34,40,44-45H,8-13,15-20H2,1-2H3/t22-,25+,26-,27-,28+,29-,31-,32-,34+,35-,36-,37+,38+,39-/m1/s1. The number of thioether (sulfide) groups is 1. The summed E-state index contributed by atoms with van der Waals surface area (Å²) in [5.41, 5.74) is -0.411. The Morgan fingerprint density at radius 2 is 1.86 bits per heavy atom. The maximum Gasteiger partial charge on any atom is 0.331 e. The Bertz CT molecular complexity index is 1610. The van der Waals surface area contributed by atoms with E-state index in [0.29, 0.717) is 50.0 Å². The van der Waals surface area contributed by atoms with Gasteiger partial charge >= 0.3 is 5.97 Å². The van der Waals surface area contributed by atoms with Gasteiger partial charge in [0.05, 0.1) is 23.9 Å². The average molecular weight is 708 g/mol. The van der Waals surface area contributed by atoms with E-state index in [2.05, 4.69) is 12.2 Å². The highest BCUT2D eigenvalue weighted by Gasteiger charge is 2.73. The van der Waals surface area contributed by atoms with Crippen LogP contribution in [0.2, 0.25) is 0 Å². The maximum absolute atomic E-state index is 13.6. The highest BCUT2D eigenvalue weighted by atomic mass is 32.2. The molecule has 8 aliphatic rings. The van der Waals surface area contributed by atoms with Crippen LogP contribution < -0.4 is 5.32 Å². The second-order valence-corrected chi connectivity index (χ2v) is 18.3. The summed E-state index contributed by atoms with van der Waals surface area (Å²) in [6, 6.07) is 9.10. The van der Waals surface area contributed by atoms with Crippen molar-refractivity contribution in [3.63, 3.8) is 0 Å².